The molecule has 0 unspecified atom stereocenters. The van der Waals surface area contributed by atoms with E-state index in [0.717, 1.165) is 5.75 Å². The molecular weight excluding hydrogens is 186 g/mol. The second kappa shape index (κ2) is 4.23. The molecule has 0 aliphatic carbocycles. The minimum absolute atomic E-state index is 0.0863. The Hall–Kier alpha value is -1.02. The van der Waals surface area contributed by atoms with Crippen LogP contribution >= 0.6 is 0 Å². The minimum atomic E-state index is 0.0863. The van der Waals surface area contributed by atoms with Crippen LogP contribution in [-0.2, 0) is 12.0 Å². The molecule has 0 fully saturated rings. The van der Waals surface area contributed by atoms with Crippen LogP contribution in [0, 0.1) is 6.92 Å². The maximum atomic E-state index is 5.71. The summed E-state index contributed by atoms with van der Waals surface area (Å²) in [5, 5.41) is 0. The lowest BCUT2D eigenvalue weighted by Gasteiger charge is -2.23. The lowest BCUT2D eigenvalue weighted by atomic mass is 9.84. The first-order valence-electron chi connectivity index (χ1n) is 5.28. The summed E-state index contributed by atoms with van der Waals surface area (Å²) in [6, 6.07) is 4.23. The Morgan fingerprint density at radius 1 is 1.27 bits per heavy atom. The topological polar surface area (TPSA) is 35.2 Å². The highest BCUT2D eigenvalue weighted by Gasteiger charge is 2.19. The molecule has 2 nitrogen and oxygen atoms in total. The number of hydrogen-bond donors (Lipinski definition) is 1. The molecule has 1 aromatic carbocycles. The van der Waals surface area contributed by atoms with E-state index in [1.165, 1.54) is 16.7 Å². The van der Waals surface area contributed by atoms with E-state index >= 15 is 0 Å². The number of nitrogens with two attached hydrogens (primary N) is 1. The van der Waals surface area contributed by atoms with Crippen molar-refractivity contribution < 1.29 is 4.74 Å². The molecule has 0 bridgehead atoms. The molecule has 1 rings (SSSR count). The van der Waals surface area contributed by atoms with E-state index < -0.39 is 0 Å². The third kappa shape index (κ3) is 2.51. The summed E-state index contributed by atoms with van der Waals surface area (Å²) in [6.07, 6.45) is 0. The quantitative estimate of drug-likeness (QED) is 0.809. The first-order chi connectivity index (χ1) is 6.90. The zero-order valence-electron chi connectivity index (χ0n) is 10.3. The summed E-state index contributed by atoms with van der Waals surface area (Å²) in [7, 11) is 1.71. The lowest BCUT2D eigenvalue weighted by Crippen LogP contribution is -2.14. The van der Waals surface area contributed by atoms with Crippen molar-refractivity contribution in [1.82, 2.24) is 0 Å². The fraction of sp³-hybridized carbons (Fsp3) is 0.538. The Labute approximate surface area is 92.4 Å². The number of methoxy groups -OCH3 is 1. The summed E-state index contributed by atoms with van der Waals surface area (Å²) in [4.78, 5) is 0. The van der Waals surface area contributed by atoms with Crippen molar-refractivity contribution in [3.63, 3.8) is 0 Å². The second-order valence-corrected chi connectivity index (χ2v) is 4.93. The Morgan fingerprint density at radius 2 is 1.87 bits per heavy atom. The van der Waals surface area contributed by atoms with E-state index in [0.29, 0.717) is 6.54 Å². The van der Waals surface area contributed by atoms with Gasteiger partial charge in [0.05, 0.1) is 7.11 Å². The number of aryl methyl sites for hydroxylation is 1. The highest BCUT2D eigenvalue weighted by Crippen LogP contribution is 2.33. The van der Waals surface area contributed by atoms with Crippen molar-refractivity contribution >= 4 is 0 Å². The van der Waals surface area contributed by atoms with Crippen molar-refractivity contribution in [3.8, 4) is 5.75 Å². The van der Waals surface area contributed by atoms with Gasteiger partial charge in [-0.3, -0.25) is 0 Å². The normalized spacial score (nSPS) is 11.6. The average molecular weight is 207 g/mol. The van der Waals surface area contributed by atoms with Crippen LogP contribution in [0.15, 0.2) is 12.1 Å². The van der Waals surface area contributed by atoms with E-state index in [1.54, 1.807) is 7.11 Å². The van der Waals surface area contributed by atoms with Gasteiger partial charge in [-0.2, -0.15) is 0 Å². The maximum Gasteiger partial charge on any atom is 0.122 e. The van der Waals surface area contributed by atoms with Gasteiger partial charge < -0.3 is 10.5 Å². The van der Waals surface area contributed by atoms with Crippen molar-refractivity contribution in [1.29, 1.82) is 0 Å². The summed E-state index contributed by atoms with van der Waals surface area (Å²) in [5.41, 5.74) is 9.41. The van der Waals surface area contributed by atoms with E-state index in [1.807, 2.05) is 0 Å². The van der Waals surface area contributed by atoms with Crippen LogP contribution in [0.3, 0.4) is 0 Å². The van der Waals surface area contributed by atoms with E-state index in [9.17, 15) is 0 Å². The molecule has 2 N–H and O–H groups in total. The van der Waals surface area contributed by atoms with Gasteiger partial charge in [0.25, 0.3) is 0 Å². The highest BCUT2D eigenvalue weighted by atomic mass is 16.5. The fourth-order valence-electron chi connectivity index (χ4n) is 1.70. The minimum Gasteiger partial charge on any atom is -0.496 e. The van der Waals surface area contributed by atoms with Gasteiger partial charge in [-0.15, -0.1) is 0 Å². The van der Waals surface area contributed by atoms with E-state index in [2.05, 4.69) is 39.8 Å². The van der Waals surface area contributed by atoms with Gasteiger partial charge >= 0.3 is 0 Å². The van der Waals surface area contributed by atoms with Crippen LogP contribution in [-0.4, -0.2) is 7.11 Å². The third-order valence-corrected chi connectivity index (χ3v) is 2.69. The number of hydrogen-bond acceptors (Lipinski definition) is 2. The molecule has 0 spiro atoms. The van der Waals surface area contributed by atoms with Crippen molar-refractivity contribution in [3.05, 3.63) is 28.8 Å². The predicted octanol–water partition coefficient (Wildman–Crippen LogP) is 2.76. The lowest BCUT2D eigenvalue weighted by molar-refractivity contribution is 0.397. The third-order valence-electron chi connectivity index (χ3n) is 2.69. The van der Waals surface area contributed by atoms with E-state index in [4.69, 9.17) is 10.5 Å². The van der Waals surface area contributed by atoms with E-state index in [-0.39, 0.29) is 5.41 Å². The Morgan fingerprint density at radius 3 is 2.27 bits per heavy atom. The number of benzene rings is 1. The SMILES string of the molecule is COc1cc(C)c(CN)cc1C(C)(C)C. The van der Waals surface area contributed by atoms with Crippen LogP contribution in [0.25, 0.3) is 0 Å². The van der Waals surface area contributed by atoms with Crippen LogP contribution in [0.1, 0.15) is 37.5 Å². The maximum absolute atomic E-state index is 5.71. The molecule has 0 heterocycles. The molecular formula is C13H21NO. The summed E-state index contributed by atoms with van der Waals surface area (Å²) < 4.78 is 5.41. The van der Waals surface area contributed by atoms with Gasteiger partial charge in [-0.1, -0.05) is 26.8 Å². The molecule has 0 aliphatic heterocycles. The molecule has 2 heteroatoms. The standard InChI is InChI=1S/C13H21NO/c1-9-6-12(15-5)11(13(2,3)4)7-10(9)8-14/h6-7H,8,14H2,1-5H3. The van der Waals surface area contributed by atoms with Crippen LogP contribution in [0.4, 0.5) is 0 Å². The van der Waals surface area contributed by atoms with Gasteiger partial charge in [0, 0.05) is 6.54 Å². The van der Waals surface area contributed by atoms with Crippen LogP contribution in [0.2, 0.25) is 0 Å². The Bertz CT molecular complexity index is 350. The average Bonchev–Trinajstić information content (AvgIpc) is 2.15. The number of rotatable bonds is 2. The smallest absolute Gasteiger partial charge is 0.122 e. The van der Waals surface area contributed by atoms with Crippen molar-refractivity contribution in [2.45, 2.75) is 39.7 Å². The van der Waals surface area contributed by atoms with Gasteiger partial charge in [-0.05, 0) is 35.1 Å². The van der Waals surface area contributed by atoms with Crippen molar-refractivity contribution in [2.75, 3.05) is 7.11 Å². The second-order valence-electron chi connectivity index (χ2n) is 4.93. The van der Waals surface area contributed by atoms with Gasteiger partial charge in [0.15, 0.2) is 0 Å². The first kappa shape index (κ1) is 12.1. The molecule has 0 atom stereocenters. The van der Waals surface area contributed by atoms with Gasteiger partial charge in [0.2, 0.25) is 0 Å². The van der Waals surface area contributed by atoms with Crippen LogP contribution < -0.4 is 10.5 Å². The monoisotopic (exact) mass is 207 g/mol. The summed E-state index contributed by atoms with van der Waals surface area (Å²) in [5.74, 6) is 0.956. The molecule has 0 saturated heterocycles. The molecule has 1 aromatic rings. The van der Waals surface area contributed by atoms with Crippen LogP contribution in [0.5, 0.6) is 5.75 Å². The molecule has 0 aliphatic rings. The summed E-state index contributed by atoms with van der Waals surface area (Å²) in [6.45, 7) is 9.19. The largest absolute Gasteiger partial charge is 0.496 e. The fourth-order valence-corrected chi connectivity index (χ4v) is 1.70. The molecule has 0 amide bonds. The molecule has 0 saturated carbocycles. The summed E-state index contributed by atoms with van der Waals surface area (Å²) >= 11 is 0. The Balaban J connectivity index is 3.36. The van der Waals surface area contributed by atoms with Crippen molar-refractivity contribution in [2.24, 2.45) is 5.73 Å². The molecule has 84 valence electrons. The first-order valence-corrected chi connectivity index (χ1v) is 5.28. The zero-order chi connectivity index (χ0) is 11.6. The highest BCUT2D eigenvalue weighted by molar-refractivity contribution is 5.45. The van der Waals surface area contributed by atoms with Gasteiger partial charge in [0.1, 0.15) is 5.75 Å². The molecule has 15 heavy (non-hydrogen) atoms. The Kier molecular flexibility index (Phi) is 3.40. The van der Waals surface area contributed by atoms with Gasteiger partial charge in [-0.25, -0.2) is 0 Å². The number of ether oxygens (including phenoxy) is 1. The zero-order valence-corrected chi connectivity index (χ0v) is 10.3. The molecule has 0 aromatic heterocycles. The molecule has 0 radical (unpaired) electrons. The predicted molar refractivity (Wildman–Crippen MR) is 64.3 cm³/mol.